The van der Waals surface area contributed by atoms with Crippen LogP contribution in [0.2, 0.25) is 0 Å². The van der Waals surface area contributed by atoms with Crippen molar-refractivity contribution in [3.63, 3.8) is 0 Å². The molecule has 0 atom stereocenters. The molecule has 174 valence electrons. The molecule has 1 fully saturated rings. The fourth-order valence-electron chi connectivity index (χ4n) is 4.69. The molecule has 34 heavy (non-hydrogen) atoms. The van der Waals surface area contributed by atoms with Crippen molar-refractivity contribution in [3.8, 4) is 28.5 Å². The number of aryl methyl sites for hydroxylation is 1. The van der Waals surface area contributed by atoms with Gasteiger partial charge in [-0.2, -0.15) is 0 Å². The first-order valence-corrected chi connectivity index (χ1v) is 11.8. The standard InChI is InChI=1S/C28H29N3O3/c1-19-11-13-20(14-12-19)26-27(31(18-30-26)22-8-4-5-9-22)24-15-16-25(34-24)28(32)29-17-21-7-3-6-10-23(21)33-2/h3,6-7,10-16,18,22H,4-5,8-9,17H2,1-2H3,(H,29,32). The summed E-state index contributed by atoms with van der Waals surface area (Å²) >= 11 is 0. The van der Waals surface area contributed by atoms with Crippen molar-refractivity contribution < 1.29 is 13.9 Å². The molecule has 0 spiro atoms. The maximum Gasteiger partial charge on any atom is 0.287 e. The monoisotopic (exact) mass is 455 g/mol. The average Bonchev–Trinajstić information content (AvgIpc) is 3.63. The summed E-state index contributed by atoms with van der Waals surface area (Å²) in [5.74, 6) is 1.41. The van der Waals surface area contributed by atoms with Crippen molar-refractivity contribution in [2.75, 3.05) is 7.11 Å². The van der Waals surface area contributed by atoms with E-state index >= 15 is 0 Å². The third-order valence-corrected chi connectivity index (χ3v) is 6.53. The van der Waals surface area contributed by atoms with Gasteiger partial charge in [0, 0.05) is 23.7 Å². The zero-order chi connectivity index (χ0) is 23.5. The second-order valence-electron chi connectivity index (χ2n) is 8.81. The van der Waals surface area contributed by atoms with Gasteiger partial charge < -0.3 is 19.0 Å². The Bertz CT molecular complexity index is 1280. The van der Waals surface area contributed by atoms with Crippen LogP contribution in [-0.4, -0.2) is 22.6 Å². The van der Waals surface area contributed by atoms with Crippen LogP contribution in [0, 0.1) is 6.92 Å². The number of amides is 1. The topological polar surface area (TPSA) is 69.3 Å². The van der Waals surface area contributed by atoms with Gasteiger partial charge in [0.2, 0.25) is 0 Å². The molecule has 5 rings (SSSR count). The highest BCUT2D eigenvalue weighted by Crippen LogP contribution is 2.39. The van der Waals surface area contributed by atoms with E-state index in [0.717, 1.165) is 41.1 Å². The number of nitrogens with zero attached hydrogens (tertiary/aromatic N) is 2. The summed E-state index contributed by atoms with van der Waals surface area (Å²) in [5.41, 5.74) is 4.95. The van der Waals surface area contributed by atoms with Crippen molar-refractivity contribution in [2.24, 2.45) is 0 Å². The molecule has 0 aliphatic heterocycles. The highest BCUT2D eigenvalue weighted by Gasteiger charge is 2.26. The number of rotatable bonds is 7. The molecule has 0 unspecified atom stereocenters. The second kappa shape index (κ2) is 9.59. The summed E-state index contributed by atoms with van der Waals surface area (Å²) < 4.78 is 13.7. The molecule has 6 nitrogen and oxygen atoms in total. The smallest absolute Gasteiger partial charge is 0.287 e. The molecule has 4 aromatic rings. The lowest BCUT2D eigenvalue weighted by atomic mass is 10.1. The molecule has 1 N–H and O–H groups in total. The van der Waals surface area contributed by atoms with E-state index in [9.17, 15) is 4.79 Å². The summed E-state index contributed by atoms with van der Waals surface area (Å²) in [6, 6.07) is 20.0. The number of hydrogen-bond donors (Lipinski definition) is 1. The minimum atomic E-state index is -0.263. The number of furan rings is 1. The summed E-state index contributed by atoms with van der Waals surface area (Å²) in [6.45, 7) is 2.43. The van der Waals surface area contributed by atoms with Crippen LogP contribution in [-0.2, 0) is 6.54 Å². The number of carbonyl (C=O) groups excluding carboxylic acids is 1. The molecule has 0 bridgehead atoms. The molecular formula is C28H29N3O3. The third kappa shape index (κ3) is 4.36. The van der Waals surface area contributed by atoms with Crippen LogP contribution in [0.5, 0.6) is 5.75 Å². The third-order valence-electron chi connectivity index (χ3n) is 6.53. The summed E-state index contributed by atoms with van der Waals surface area (Å²) in [4.78, 5) is 17.6. The van der Waals surface area contributed by atoms with Crippen LogP contribution in [0.3, 0.4) is 0 Å². The van der Waals surface area contributed by atoms with E-state index in [2.05, 4.69) is 41.1 Å². The Morgan fingerprint density at radius 3 is 2.62 bits per heavy atom. The van der Waals surface area contributed by atoms with Gasteiger partial charge in [-0.15, -0.1) is 0 Å². The van der Waals surface area contributed by atoms with Crippen molar-refractivity contribution in [1.29, 1.82) is 0 Å². The Morgan fingerprint density at radius 2 is 1.85 bits per heavy atom. The highest BCUT2D eigenvalue weighted by molar-refractivity contribution is 5.92. The minimum absolute atomic E-state index is 0.263. The number of ether oxygens (including phenoxy) is 1. The van der Waals surface area contributed by atoms with Crippen LogP contribution in [0.25, 0.3) is 22.7 Å². The molecule has 2 aromatic carbocycles. The number of para-hydroxylation sites is 1. The lowest BCUT2D eigenvalue weighted by Gasteiger charge is -2.15. The van der Waals surface area contributed by atoms with Crippen LogP contribution in [0.15, 0.2) is 71.4 Å². The van der Waals surface area contributed by atoms with Gasteiger partial charge in [-0.1, -0.05) is 60.9 Å². The first-order chi connectivity index (χ1) is 16.6. The Balaban J connectivity index is 1.43. The van der Waals surface area contributed by atoms with Crippen molar-refractivity contribution >= 4 is 5.91 Å². The number of carbonyl (C=O) groups is 1. The van der Waals surface area contributed by atoms with Crippen LogP contribution in [0.1, 0.15) is 53.4 Å². The molecular weight excluding hydrogens is 426 g/mol. The zero-order valence-corrected chi connectivity index (χ0v) is 19.6. The molecule has 1 aliphatic rings. The molecule has 1 aliphatic carbocycles. The van der Waals surface area contributed by atoms with E-state index in [1.54, 1.807) is 13.2 Å². The average molecular weight is 456 g/mol. The van der Waals surface area contributed by atoms with Crippen LogP contribution >= 0.6 is 0 Å². The predicted octanol–water partition coefficient (Wildman–Crippen LogP) is 6.17. The number of benzene rings is 2. The van der Waals surface area contributed by atoms with E-state index in [1.807, 2.05) is 36.7 Å². The van der Waals surface area contributed by atoms with Crippen molar-refractivity contribution in [3.05, 3.63) is 83.9 Å². The number of methoxy groups -OCH3 is 1. The van der Waals surface area contributed by atoms with Gasteiger partial charge in [-0.25, -0.2) is 4.98 Å². The molecule has 2 heterocycles. The molecule has 2 aromatic heterocycles. The van der Waals surface area contributed by atoms with Gasteiger partial charge in [0.15, 0.2) is 11.5 Å². The summed E-state index contributed by atoms with van der Waals surface area (Å²) in [5, 5.41) is 2.94. The summed E-state index contributed by atoms with van der Waals surface area (Å²) in [7, 11) is 1.62. The largest absolute Gasteiger partial charge is 0.496 e. The highest BCUT2D eigenvalue weighted by atomic mass is 16.5. The number of imidazole rings is 1. The fourth-order valence-corrected chi connectivity index (χ4v) is 4.69. The van der Waals surface area contributed by atoms with Gasteiger partial charge in [-0.05, 0) is 38.0 Å². The Labute approximate surface area is 199 Å². The number of hydrogen-bond acceptors (Lipinski definition) is 4. The Hall–Kier alpha value is -3.80. The fraction of sp³-hybridized carbons (Fsp3) is 0.286. The van der Waals surface area contributed by atoms with Gasteiger partial charge >= 0.3 is 0 Å². The molecule has 0 radical (unpaired) electrons. The molecule has 0 saturated heterocycles. The minimum Gasteiger partial charge on any atom is -0.496 e. The van der Waals surface area contributed by atoms with Gasteiger partial charge in [-0.3, -0.25) is 4.79 Å². The van der Waals surface area contributed by atoms with Crippen LogP contribution in [0.4, 0.5) is 0 Å². The Kier molecular flexibility index (Phi) is 6.21. The number of nitrogens with one attached hydrogen (secondary N) is 1. The van der Waals surface area contributed by atoms with Gasteiger partial charge in [0.1, 0.15) is 11.4 Å². The van der Waals surface area contributed by atoms with E-state index < -0.39 is 0 Å². The van der Waals surface area contributed by atoms with Crippen molar-refractivity contribution in [1.82, 2.24) is 14.9 Å². The summed E-state index contributed by atoms with van der Waals surface area (Å²) in [6.07, 6.45) is 6.62. The van der Waals surface area contributed by atoms with E-state index in [4.69, 9.17) is 14.1 Å². The number of aromatic nitrogens is 2. The first kappa shape index (κ1) is 22.0. The lowest BCUT2D eigenvalue weighted by Crippen LogP contribution is -2.22. The van der Waals surface area contributed by atoms with E-state index in [-0.39, 0.29) is 11.7 Å². The predicted molar refractivity (Wildman–Crippen MR) is 132 cm³/mol. The van der Waals surface area contributed by atoms with Gasteiger partial charge in [0.25, 0.3) is 5.91 Å². The lowest BCUT2D eigenvalue weighted by molar-refractivity contribution is 0.0923. The molecule has 6 heteroatoms. The first-order valence-electron chi connectivity index (χ1n) is 11.8. The molecule has 1 saturated carbocycles. The normalized spacial score (nSPS) is 13.8. The van der Waals surface area contributed by atoms with Crippen LogP contribution < -0.4 is 10.1 Å². The maximum atomic E-state index is 12.9. The maximum absolute atomic E-state index is 12.9. The quantitative estimate of drug-likeness (QED) is 0.362. The SMILES string of the molecule is COc1ccccc1CNC(=O)c1ccc(-c2c(-c3ccc(C)cc3)ncn2C2CCCC2)o1. The van der Waals surface area contributed by atoms with Crippen molar-refractivity contribution in [2.45, 2.75) is 45.2 Å². The Morgan fingerprint density at radius 1 is 1.09 bits per heavy atom. The zero-order valence-electron chi connectivity index (χ0n) is 19.6. The van der Waals surface area contributed by atoms with E-state index in [1.165, 1.54) is 18.4 Å². The van der Waals surface area contributed by atoms with Gasteiger partial charge in [0.05, 0.1) is 19.1 Å². The second-order valence-corrected chi connectivity index (χ2v) is 8.81. The molecule has 1 amide bonds. The van der Waals surface area contributed by atoms with E-state index in [0.29, 0.717) is 18.3 Å².